The van der Waals surface area contributed by atoms with Gasteiger partial charge in [0, 0.05) is 11.9 Å². The quantitative estimate of drug-likeness (QED) is 0.829. The molecule has 0 bridgehead atoms. The molecular formula is C14H14N2OS. The Hall–Kier alpha value is -1.68. The van der Waals surface area contributed by atoms with Gasteiger partial charge in [0.05, 0.1) is 11.6 Å². The minimum Gasteiger partial charge on any atom is -0.330 e. The van der Waals surface area contributed by atoms with Crippen LogP contribution in [0.3, 0.4) is 0 Å². The summed E-state index contributed by atoms with van der Waals surface area (Å²) in [6.45, 7) is 3.00. The monoisotopic (exact) mass is 258 g/mol. The van der Waals surface area contributed by atoms with E-state index >= 15 is 0 Å². The number of amides is 1. The van der Waals surface area contributed by atoms with Crippen molar-refractivity contribution in [3.05, 3.63) is 52.5 Å². The molecule has 0 saturated carbocycles. The molecule has 0 N–H and O–H groups in total. The number of carbonyl (C=O) groups excluding carboxylic acids is 1. The van der Waals surface area contributed by atoms with Gasteiger partial charge in [-0.25, -0.2) is 4.98 Å². The van der Waals surface area contributed by atoms with Crippen LogP contribution in [0, 0.1) is 5.92 Å². The van der Waals surface area contributed by atoms with Crippen molar-refractivity contribution in [3.8, 4) is 0 Å². The largest absolute Gasteiger partial charge is 0.330 e. The van der Waals surface area contributed by atoms with Crippen molar-refractivity contribution in [2.45, 2.75) is 13.0 Å². The molecule has 0 radical (unpaired) electrons. The average molecular weight is 258 g/mol. The van der Waals surface area contributed by atoms with Crippen molar-refractivity contribution >= 4 is 17.2 Å². The predicted molar refractivity (Wildman–Crippen MR) is 71.5 cm³/mol. The van der Waals surface area contributed by atoms with Crippen LogP contribution in [-0.4, -0.2) is 22.3 Å². The molecule has 1 fully saturated rings. The lowest BCUT2D eigenvalue weighted by Gasteiger charge is -2.46. The van der Waals surface area contributed by atoms with E-state index in [9.17, 15) is 4.79 Å². The van der Waals surface area contributed by atoms with Gasteiger partial charge in [0.25, 0.3) is 5.91 Å². The molecule has 2 atom stereocenters. The van der Waals surface area contributed by atoms with E-state index < -0.39 is 0 Å². The zero-order chi connectivity index (χ0) is 12.5. The fourth-order valence-electron chi connectivity index (χ4n) is 2.53. The molecule has 1 aromatic heterocycles. The van der Waals surface area contributed by atoms with Crippen LogP contribution in [-0.2, 0) is 0 Å². The maximum absolute atomic E-state index is 12.3. The van der Waals surface area contributed by atoms with Gasteiger partial charge in [-0.3, -0.25) is 4.79 Å². The Labute approximate surface area is 110 Å². The zero-order valence-electron chi connectivity index (χ0n) is 10.1. The molecule has 18 heavy (non-hydrogen) atoms. The summed E-state index contributed by atoms with van der Waals surface area (Å²) in [5, 5.41) is 1.81. The Balaban J connectivity index is 1.84. The molecule has 1 aliphatic rings. The molecule has 1 aliphatic heterocycles. The fraction of sp³-hybridized carbons (Fsp3) is 0.286. The second kappa shape index (κ2) is 4.53. The molecule has 2 unspecified atom stereocenters. The van der Waals surface area contributed by atoms with Gasteiger partial charge >= 0.3 is 0 Å². The molecule has 1 saturated heterocycles. The highest BCUT2D eigenvalue weighted by molar-refractivity contribution is 7.07. The molecule has 3 rings (SSSR count). The molecule has 0 spiro atoms. The summed E-state index contributed by atoms with van der Waals surface area (Å²) in [4.78, 5) is 18.3. The van der Waals surface area contributed by atoms with E-state index in [2.05, 4.69) is 24.0 Å². The van der Waals surface area contributed by atoms with Gasteiger partial charge in [-0.2, -0.15) is 0 Å². The van der Waals surface area contributed by atoms with Crippen molar-refractivity contribution < 1.29 is 4.79 Å². The maximum Gasteiger partial charge on any atom is 0.273 e. The van der Waals surface area contributed by atoms with Gasteiger partial charge in [0.1, 0.15) is 5.69 Å². The van der Waals surface area contributed by atoms with Crippen molar-refractivity contribution in [2.24, 2.45) is 5.92 Å². The Morgan fingerprint density at radius 2 is 2.17 bits per heavy atom. The lowest BCUT2D eigenvalue weighted by Crippen LogP contribution is -2.51. The van der Waals surface area contributed by atoms with E-state index in [1.54, 1.807) is 5.51 Å². The van der Waals surface area contributed by atoms with Gasteiger partial charge in [-0.05, 0) is 11.5 Å². The summed E-state index contributed by atoms with van der Waals surface area (Å²) < 4.78 is 0. The molecular weight excluding hydrogens is 244 g/mol. The normalized spacial score (nSPS) is 22.6. The maximum atomic E-state index is 12.3. The van der Waals surface area contributed by atoms with Crippen molar-refractivity contribution in [2.75, 3.05) is 6.54 Å². The van der Waals surface area contributed by atoms with Crippen LogP contribution in [0.1, 0.15) is 29.0 Å². The summed E-state index contributed by atoms with van der Waals surface area (Å²) in [7, 11) is 0. The smallest absolute Gasteiger partial charge is 0.273 e. The number of thiazole rings is 1. The van der Waals surface area contributed by atoms with E-state index in [1.807, 2.05) is 28.5 Å². The van der Waals surface area contributed by atoms with Crippen LogP contribution < -0.4 is 0 Å². The average Bonchev–Trinajstić information content (AvgIpc) is 2.90. The van der Waals surface area contributed by atoms with Crippen LogP contribution in [0.25, 0.3) is 0 Å². The minimum absolute atomic E-state index is 0.0446. The Morgan fingerprint density at radius 1 is 1.39 bits per heavy atom. The Bertz CT molecular complexity index is 538. The van der Waals surface area contributed by atoms with E-state index in [-0.39, 0.29) is 11.9 Å². The number of nitrogens with zero attached hydrogens (tertiary/aromatic N) is 2. The molecule has 0 aliphatic carbocycles. The van der Waals surface area contributed by atoms with Crippen LogP contribution in [0.15, 0.2) is 41.2 Å². The van der Waals surface area contributed by atoms with Gasteiger partial charge in [0.15, 0.2) is 0 Å². The Morgan fingerprint density at radius 3 is 2.78 bits per heavy atom. The molecule has 2 heterocycles. The fourth-order valence-corrected chi connectivity index (χ4v) is 3.05. The highest BCUT2D eigenvalue weighted by Gasteiger charge is 2.40. The molecule has 1 amide bonds. The molecule has 1 aromatic carbocycles. The SMILES string of the molecule is CC1CN(C(=O)c2cscn2)C1c1ccccc1. The number of rotatable bonds is 2. The number of hydrogen-bond acceptors (Lipinski definition) is 3. The number of benzene rings is 1. The van der Waals surface area contributed by atoms with Crippen LogP contribution in [0.4, 0.5) is 0 Å². The third-order valence-corrected chi connectivity index (χ3v) is 4.00. The van der Waals surface area contributed by atoms with Crippen LogP contribution in [0.2, 0.25) is 0 Å². The highest BCUT2D eigenvalue weighted by atomic mass is 32.1. The van der Waals surface area contributed by atoms with Crippen LogP contribution in [0.5, 0.6) is 0 Å². The third kappa shape index (κ3) is 1.82. The number of likely N-dealkylation sites (tertiary alicyclic amines) is 1. The summed E-state index contributed by atoms with van der Waals surface area (Å²) >= 11 is 1.46. The first kappa shape index (κ1) is 11.4. The van der Waals surface area contributed by atoms with Gasteiger partial charge in [0.2, 0.25) is 0 Å². The summed E-state index contributed by atoms with van der Waals surface area (Å²) in [6, 6.07) is 10.4. The minimum atomic E-state index is 0.0446. The first-order valence-electron chi connectivity index (χ1n) is 6.01. The zero-order valence-corrected chi connectivity index (χ0v) is 10.9. The van der Waals surface area contributed by atoms with Crippen LogP contribution >= 0.6 is 11.3 Å². The number of aromatic nitrogens is 1. The van der Waals surface area contributed by atoms with Crippen molar-refractivity contribution in [3.63, 3.8) is 0 Å². The second-order valence-electron chi connectivity index (χ2n) is 4.66. The molecule has 2 aromatic rings. The molecule has 92 valence electrons. The summed E-state index contributed by atoms with van der Waals surface area (Å²) in [6.07, 6.45) is 0. The standard InChI is InChI=1S/C14H14N2OS/c1-10-7-16(14(17)12-8-18-9-15-12)13(10)11-5-3-2-4-6-11/h2-6,8-10,13H,7H2,1H3. The highest BCUT2D eigenvalue weighted by Crippen LogP contribution is 2.39. The predicted octanol–water partition coefficient (Wildman–Crippen LogP) is 2.98. The summed E-state index contributed by atoms with van der Waals surface area (Å²) in [5.41, 5.74) is 3.47. The van der Waals surface area contributed by atoms with E-state index in [4.69, 9.17) is 0 Å². The number of hydrogen-bond donors (Lipinski definition) is 0. The first-order chi connectivity index (χ1) is 8.77. The lowest BCUT2D eigenvalue weighted by atomic mass is 9.84. The number of carbonyl (C=O) groups is 1. The Kier molecular flexibility index (Phi) is 2.88. The summed E-state index contributed by atoms with van der Waals surface area (Å²) in [5.74, 6) is 0.554. The van der Waals surface area contributed by atoms with Gasteiger partial charge < -0.3 is 4.90 Å². The lowest BCUT2D eigenvalue weighted by molar-refractivity contribution is 0.0193. The third-order valence-electron chi connectivity index (χ3n) is 3.41. The second-order valence-corrected chi connectivity index (χ2v) is 5.38. The van der Waals surface area contributed by atoms with E-state index in [0.717, 1.165) is 6.54 Å². The van der Waals surface area contributed by atoms with Gasteiger partial charge in [-0.15, -0.1) is 11.3 Å². The van der Waals surface area contributed by atoms with Gasteiger partial charge in [-0.1, -0.05) is 37.3 Å². The molecule has 4 heteroatoms. The van der Waals surface area contributed by atoms with Crippen molar-refractivity contribution in [1.82, 2.24) is 9.88 Å². The molecule has 3 nitrogen and oxygen atoms in total. The van der Waals surface area contributed by atoms with E-state index in [1.165, 1.54) is 16.9 Å². The van der Waals surface area contributed by atoms with E-state index in [0.29, 0.717) is 11.6 Å². The van der Waals surface area contributed by atoms with Crippen molar-refractivity contribution in [1.29, 1.82) is 0 Å². The first-order valence-corrected chi connectivity index (χ1v) is 6.96. The topological polar surface area (TPSA) is 33.2 Å².